The van der Waals surface area contributed by atoms with Crippen LogP contribution < -0.4 is 5.32 Å². The summed E-state index contributed by atoms with van der Waals surface area (Å²) in [5.41, 5.74) is -0.694. The molecule has 0 saturated heterocycles. The van der Waals surface area contributed by atoms with Gasteiger partial charge in [0.2, 0.25) is 0 Å². The number of halogens is 3. The van der Waals surface area contributed by atoms with E-state index >= 15 is 0 Å². The van der Waals surface area contributed by atoms with E-state index in [0.29, 0.717) is 13.2 Å². The summed E-state index contributed by atoms with van der Waals surface area (Å²) >= 11 is 0. The van der Waals surface area contributed by atoms with Crippen LogP contribution in [0.1, 0.15) is 43.1 Å². The lowest BCUT2D eigenvalue weighted by Crippen LogP contribution is -2.33. The van der Waals surface area contributed by atoms with E-state index in [1.54, 1.807) is 0 Å². The Bertz CT molecular complexity index is 537. The van der Waals surface area contributed by atoms with Gasteiger partial charge in [-0.2, -0.15) is 13.2 Å². The van der Waals surface area contributed by atoms with Crippen molar-refractivity contribution in [1.82, 2.24) is 5.32 Å². The molecule has 128 valence electrons. The van der Waals surface area contributed by atoms with Crippen molar-refractivity contribution in [3.8, 4) is 0 Å². The minimum atomic E-state index is -4.43. The molecule has 1 aromatic carbocycles. The lowest BCUT2D eigenvalue weighted by atomic mass is 10.1. The predicted octanol–water partition coefficient (Wildman–Crippen LogP) is 3.87. The minimum absolute atomic E-state index is 0.0884. The molecule has 0 heterocycles. The number of benzene rings is 1. The van der Waals surface area contributed by atoms with Gasteiger partial charge in [-0.25, -0.2) is 4.99 Å². The highest BCUT2D eigenvalue weighted by atomic mass is 19.4. The van der Waals surface area contributed by atoms with Crippen LogP contribution in [-0.4, -0.2) is 25.1 Å². The van der Waals surface area contributed by atoms with Gasteiger partial charge in [-0.1, -0.05) is 20.8 Å². The number of ether oxygens (including phenoxy) is 1. The van der Waals surface area contributed by atoms with Crippen LogP contribution in [0.25, 0.3) is 0 Å². The number of alkyl halides is 3. The zero-order valence-electron chi connectivity index (χ0n) is 13.4. The lowest BCUT2D eigenvalue weighted by molar-refractivity contribution is -0.137. The Hall–Kier alpha value is -2.05. The first kappa shape index (κ1) is 19.0. The zero-order valence-corrected chi connectivity index (χ0v) is 13.4. The van der Waals surface area contributed by atoms with E-state index in [-0.39, 0.29) is 17.5 Å². The molecule has 0 atom stereocenters. The van der Waals surface area contributed by atoms with Gasteiger partial charge in [0.1, 0.15) is 0 Å². The van der Waals surface area contributed by atoms with E-state index in [2.05, 4.69) is 10.3 Å². The Morgan fingerprint density at radius 1 is 1.26 bits per heavy atom. The number of amidine groups is 1. The van der Waals surface area contributed by atoms with Crippen molar-refractivity contribution in [2.45, 2.75) is 33.4 Å². The number of hydrogen-bond acceptors (Lipinski definition) is 3. The second kappa shape index (κ2) is 8.55. The van der Waals surface area contributed by atoms with Crippen LogP contribution in [0.15, 0.2) is 29.3 Å². The molecule has 1 amide bonds. The first-order valence-corrected chi connectivity index (χ1v) is 7.40. The van der Waals surface area contributed by atoms with E-state index in [9.17, 15) is 18.0 Å². The maximum Gasteiger partial charge on any atom is 0.416 e. The Morgan fingerprint density at radius 3 is 2.35 bits per heavy atom. The number of amides is 1. The summed E-state index contributed by atoms with van der Waals surface area (Å²) in [7, 11) is 0. The highest BCUT2D eigenvalue weighted by Gasteiger charge is 2.30. The fourth-order valence-electron chi connectivity index (χ4n) is 1.57. The number of carbonyl (C=O) groups is 1. The van der Waals surface area contributed by atoms with E-state index in [1.165, 1.54) is 0 Å². The SMILES string of the molecule is CCCOC(=NCC(C)C)NC(=O)c1ccc(C(F)(F)F)cc1. The van der Waals surface area contributed by atoms with Crippen molar-refractivity contribution in [2.75, 3.05) is 13.2 Å². The molecule has 4 nitrogen and oxygen atoms in total. The van der Waals surface area contributed by atoms with E-state index in [1.807, 2.05) is 20.8 Å². The smallest absolute Gasteiger partial charge is 0.416 e. The van der Waals surface area contributed by atoms with Crippen LogP contribution in [-0.2, 0) is 10.9 Å². The number of nitrogens with one attached hydrogen (secondary N) is 1. The molecule has 0 aliphatic heterocycles. The van der Waals surface area contributed by atoms with Crippen molar-refractivity contribution in [2.24, 2.45) is 10.9 Å². The number of hydrogen-bond donors (Lipinski definition) is 1. The summed E-state index contributed by atoms with van der Waals surface area (Å²) < 4.78 is 42.9. The summed E-state index contributed by atoms with van der Waals surface area (Å²) in [6.45, 7) is 6.73. The van der Waals surface area contributed by atoms with Gasteiger partial charge in [0.25, 0.3) is 11.9 Å². The zero-order chi connectivity index (χ0) is 17.5. The molecule has 0 unspecified atom stereocenters. The van der Waals surface area contributed by atoms with E-state index < -0.39 is 17.6 Å². The monoisotopic (exact) mass is 330 g/mol. The van der Waals surface area contributed by atoms with Gasteiger partial charge < -0.3 is 4.74 Å². The maximum atomic E-state index is 12.5. The van der Waals surface area contributed by atoms with E-state index in [0.717, 1.165) is 30.7 Å². The fraction of sp³-hybridized carbons (Fsp3) is 0.500. The first-order chi connectivity index (χ1) is 10.7. The van der Waals surface area contributed by atoms with Crippen molar-refractivity contribution in [3.05, 3.63) is 35.4 Å². The average molecular weight is 330 g/mol. The molecule has 1 N–H and O–H groups in total. The molecule has 7 heteroatoms. The van der Waals surface area contributed by atoms with Crippen LogP contribution in [0.3, 0.4) is 0 Å². The summed E-state index contributed by atoms with van der Waals surface area (Å²) in [6.07, 6.45) is -3.68. The van der Waals surface area contributed by atoms with Gasteiger partial charge in [0.05, 0.1) is 12.2 Å². The van der Waals surface area contributed by atoms with Crippen LogP contribution in [0.5, 0.6) is 0 Å². The van der Waals surface area contributed by atoms with Crippen LogP contribution >= 0.6 is 0 Å². The second-order valence-corrected chi connectivity index (χ2v) is 5.42. The standard InChI is InChI=1S/C16H21F3N2O2/c1-4-9-23-15(20-10-11(2)3)21-14(22)12-5-7-13(8-6-12)16(17,18)19/h5-8,11H,4,9-10H2,1-3H3,(H,20,21,22). The summed E-state index contributed by atoms with van der Waals surface area (Å²) in [5, 5.41) is 2.49. The normalized spacial score (nSPS) is 12.4. The molecule has 1 aromatic rings. The van der Waals surface area contributed by atoms with Gasteiger partial charge in [-0.15, -0.1) is 0 Å². The van der Waals surface area contributed by atoms with Crippen molar-refractivity contribution < 1.29 is 22.7 Å². The molecule has 0 aliphatic rings. The van der Waals surface area contributed by atoms with Crippen molar-refractivity contribution in [3.63, 3.8) is 0 Å². The summed E-state index contributed by atoms with van der Waals surface area (Å²) in [5.74, 6) is -0.268. The Kier molecular flexibility index (Phi) is 7.06. The second-order valence-electron chi connectivity index (χ2n) is 5.42. The Labute approximate surface area is 133 Å². The van der Waals surface area contributed by atoms with Gasteiger partial charge >= 0.3 is 6.18 Å². The third-order valence-corrected chi connectivity index (χ3v) is 2.74. The van der Waals surface area contributed by atoms with Crippen molar-refractivity contribution >= 4 is 11.9 Å². The highest BCUT2D eigenvalue weighted by Crippen LogP contribution is 2.29. The molecule has 0 saturated carbocycles. The molecule has 0 bridgehead atoms. The maximum absolute atomic E-state index is 12.5. The van der Waals surface area contributed by atoms with Gasteiger partial charge in [0, 0.05) is 12.1 Å². The lowest BCUT2D eigenvalue weighted by Gasteiger charge is -2.11. The number of carbonyl (C=O) groups excluding carboxylic acids is 1. The molecule has 0 aliphatic carbocycles. The molecule has 0 radical (unpaired) electrons. The molecule has 0 aromatic heterocycles. The van der Waals surface area contributed by atoms with Crippen molar-refractivity contribution in [1.29, 1.82) is 0 Å². The van der Waals surface area contributed by atoms with Crippen LogP contribution in [0, 0.1) is 5.92 Å². The fourth-order valence-corrected chi connectivity index (χ4v) is 1.57. The number of rotatable bonds is 5. The Balaban J connectivity index is 2.79. The van der Waals surface area contributed by atoms with Gasteiger partial charge in [-0.05, 0) is 36.6 Å². The largest absolute Gasteiger partial charge is 0.465 e. The topological polar surface area (TPSA) is 50.7 Å². The molecule has 0 spiro atoms. The van der Waals surface area contributed by atoms with Crippen LogP contribution in [0.2, 0.25) is 0 Å². The van der Waals surface area contributed by atoms with Gasteiger partial charge in [0.15, 0.2) is 0 Å². The quantitative estimate of drug-likeness (QED) is 0.658. The molecule has 0 fully saturated rings. The van der Waals surface area contributed by atoms with Crippen LogP contribution in [0.4, 0.5) is 13.2 Å². The number of nitrogens with zero attached hydrogens (tertiary/aromatic N) is 1. The Morgan fingerprint density at radius 2 is 1.87 bits per heavy atom. The molecule has 1 rings (SSSR count). The minimum Gasteiger partial charge on any atom is -0.465 e. The summed E-state index contributed by atoms with van der Waals surface area (Å²) in [4.78, 5) is 16.2. The third-order valence-electron chi connectivity index (χ3n) is 2.74. The highest BCUT2D eigenvalue weighted by molar-refractivity contribution is 6.04. The first-order valence-electron chi connectivity index (χ1n) is 7.40. The third kappa shape index (κ3) is 6.71. The number of aliphatic imine (C=N–C) groups is 1. The van der Waals surface area contributed by atoms with Gasteiger partial charge in [-0.3, -0.25) is 10.1 Å². The molecular formula is C16H21F3N2O2. The predicted molar refractivity (Wildman–Crippen MR) is 82.3 cm³/mol. The average Bonchev–Trinajstić information content (AvgIpc) is 2.49. The molecular weight excluding hydrogens is 309 g/mol. The summed E-state index contributed by atoms with van der Waals surface area (Å²) in [6, 6.07) is 4.07. The van der Waals surface area contributed by atoms with E-state index in [4.69, 9.17) is 4.74 Å². The molecule has 23 heavy (non-hydrogen) atoms.